The first-order valence-electron chi connectivity index (χ1n) is 7.21. The highest BCUT2D eigenvalue weighted by Crippen LogP contribution is 2.21. The van der Waals surface area contributed by atoms with Gasteiger partial charge in [-0.3, -0.25) is 14.9 Å². The summed E-state index contributed by atoms with van der Waals surface area (Å²) in [6, 6.07) is 13.3. The van der Waals surface area contributed by atoms with Crippen molar-refractivity contribution >= 4 is 11.6 Å². The molecule has 0 spiro atoms. The van der Waals surface area contributed by atoms with Gasteiger partial charge in [-0.1, -0.05) is 42.5 Å². The van der Waals surface area contributed by atoms with Crippen LogP contribution in [0.5, 0.6) is 0 Å². The van der Waals surface area contributed by atoms with E-state index in [-0.39, 0.29) is 24.6 Å². The van der Waals surface area contributed by atoms with Crippen molar-refractivity contribution < 1.29 is 14.8 Å². The molecule has 0 radical (unpaired) electrons. The first kappa shape index (κ1) is 16.6. The largest absolute Gasteiger partial charge is 0.394 e. The summed E-state index contributed by atoms with van der Waals surface area (Å²) in [6.45, 7) is 1.41. The Morgan fingerprint density at radius 3 is 2.52 bits per heavy atom. The molecule has 0 aliphatic carbocycles. The van der Waals surface area contributed by atoms with Crippen LogP contribution in [0.15, 0.2) is 48.5 Å². The number of nitrogens with one attached hydrogen (secondary N) is 1. The van der Waals surface area contributed by atoms with Crippen molar-refractivity contribution in [2.45, 2.75) is 19.4 Å². The minimum atomic E-state index is -0.497. The van der Waals surface area contributed by atoms with Gasteiger partial charge >= 0.3 is 0 Å². The van der Waals surface area contributed by atoms with Crippen molar-refractivity contribution in [1.29, 1.82) is 0 Å². The standard InChI is InChI=1S/C17H18N2O4/c1-12-14(8-5-9-16(12)19(22)23)10-17(21)18-15(11-20)13-6-3-2-4-7-13/h2-9,15,20H,10-11H2,1H3,(H,18,21). The number of amides is 1. The highest BCUT2D eigenvalue weighted by atomic mass is 16.6. The number of benzene rings is 2. The van der Waals surface area contributed by atoms with E-state index in [0.717, 1.165) is 5.56 Å². The molecule has 2 N–H and O–H groups in total. The van der Waals surface area contributed by atoms with Crippen LogP contribution < -0.4 is 5.32 Å². The normalized spacial score (nSPS) is 11.7. The van der Waals surface area contributed by atoms with Gasteiger partial charge in [0, 0.05) is 11.6 Å². The van der Waals surface area contributed by atoms with Crippen LogP contribution >= 0.6 is 0 Å². The SMILES string of the molecule is Cc1c(CC(=O)NC(CO)c2ccccc2)cccc1[N+](=O)[O-]. The Labute approximate surface area is 133 Å². The minimum Gasteiger partial charge on any atom is -0.394 e. The third-order valence-electron chi connectivity index (χ3n) is 3.68. The molecule has 2 rings (SSSR count). The maximum absolute atomic E-state index is 12.2. The first-order valence-corrected chi connectivity index (χ1v) is 7.21. The van der Waals surface area contributed by atoms with Crippen LogP contribution in [0.2, 0.25) is 0 Å². The van der Waals surface area contributed by atoms with E-state index in [1.807, 2.05) is 30.3 Å². The molecule has 0 aliphatic heterocycles. The quantitative estimate of drug-likeness (QED) is 0.632. The molecule has 120 valence electrons. The molecular formula is C17H18N2O4. The molecule has 0 fully saturated rings. The molecule has 23 heavy (non-hydrogen) atoms. The monoisotopic (exact) mass is 314 g/mol. The molecule has 0 bridgehead atoms. The second-order valence-corrected chi connectivity index (χ2v) is 5.21. The summed E-state index contributed by atoms with van der Waals surface area (Å²) in [6.07, 6.45) is 0.0246. The van der Waals surface area contributed by atoms with Gasteiger partial charge in [0.25, 0.3) is 5.69 Å². The molecule has 0 heterocycles. The van der Waals surface area contributed by atoms with E-state index >= 15 is 0 Å². The van der Waals surface area contributed by atoms with E-state index in [1.165, 1.54) is 6.07 Å². The number of hydrogen-bond acceptors (Lipinski definition) is 4. The smallest absolute Gasteiger partial charge is 0.272 e. The first-order chi connectivity index (χ1) is 11.0. The van der Waals surface area contributed by atoms with Crippen molar-refractivity contribution in [3.05, 3.63) is 75.3 Å². The van der Waals surface area contributed by atoms with Crippen LogP contribution in [0.3, 0.4) is 0 Å². The van der Waals surface area contributed by atoms with E-state index in [2.05, 4.69) is 5.32 Å². The topological polar surface area (TPSA) is 92.5 Å². The highest BCUT2D eigenvalue weighted by molar-refractivity contribution is 5.79. The van der Waals surface area contributed by atoms with Gasteiger partial charge in [-0.25, -0.2) is 0 Å². The van der Waals surface area contributed by atoms with Gasteiger partial charge in [0.05, 0.1) is 24.0 Å². The predicted molar refractivity (Wildman–Crippen MR) is 85.9 cm³/mol. The fourth-order valence-electron chi connectivity index (χ4n) is 2.40. The molecule has 1 unspecified atom stereocenters. The van der Waals surface area contributed by atoms with Crippen LogP contribution in [0, 0.1) is 17.0 Å². The van der Waals surface area contributed by atoms with Crippen molar-refractivity contribution in [3.63, 3.8) is 0 Å². The van der Waals surface area contributed by atoms with Gasteiger partial charge in [0.2, 0.25) is 5.91 Å². The van der Waals surface area contributed by atoms with Gasteiger partial charge < -0.3 is 10.4 Å². The maximum atomic E-state index is 12.2. The van der Waals surface area contributed by atoms with Crippen molar-refractivity contribution in [2.24, 2.45) is 0 Å². The molecule has 1 atom stereocenters. The number of aliphatic hydroxyl groups excluding tert-OH is 1. The summed E-state index contributed by atoms with van der Waals surface area (Å²) in [7, 11) is 0. The number of rotatable bonds is 6. The van der Waals surface area contributed by atoms with Gasteiger partial charge in [-0.2, -0.15) is 0 Å². The van der Waals surface area contributed by atoms with Crippen LogP contribution in [0.4, 0.5) is 5.69 Å². The summed E-state index contributed by atoms with van der Waals surface area (Å²) in [5.41, 5.74) is 1.88. The zero-order valence-corrected chi connectivity index (χ0v) is 12.7. The van der Waals surface area contributed by atoms with Crippen LogP contribution in [0.25, 0.3) is 0 Å². The third kappa shape index (κ3) is 4.14. The maximum Gasteiger partial charge on any atom is 0.272 e. The predicted octanol–water partition coefficient (Wildman–Crippen LogP) is 2.30. The van der Waals surface area contributed by atoms with E-state index in [9.17, 15) is 20.0 Å². The van der Waals surface area contributed by atoms with Crippen molar-refractivity contribution in [2.75, 3.05) is 6.61 Å². The fourth-order valence-corrected chi connectivity index (χ4v) is 2.40. The van der Waals surface area contributed by atoms with Crippen LogP contribution in [0.1, 0.15) is 22.7 Å². The summed E-state index contributed by atoms with van der Waals surface area (Å²) >= 11 is 0. The van der Waals surface area contributed by atoms with Gasteiger partial charge in [-0.05, 0) is 18.1 Å². The van der Waals surface area contributed by atoms with Crippen molar-refractivity contribution in [3.8, 4) is 0 Å². The Hall–Kier alpha value is -2.73. The van der Waals surface area contributed by atoms with Crippen LogP contribution in [-0.4, -0.2) is 22.5 Å². The number of nitro groups is 1. The number of carbonyl (C=O) groups is 1. The summed E-state index contributed by atoms with van der Waals surface area (Å²) in [4.78, 5) is 22.7. The highest BCUT2D eigenvalue weighted by Gasteiger charge is 2.17. The second kappa shape index (κ2) is 7.51. The number of aliphatic hydroxyl groups is 1. The second-order valence-electron chi connectivity index (χ2n) is 5.21. The lowest BCUT2D eigenvalue weighted by Crippen LogP contribution is -2.32. The van der Waals surface area contributed by atoms with Crippen LogP contribution in [-0.2, 0) is 11.2 Å². The number of carbonyl (C=O) groups excluding carboxylic acids is 1. The third-order valence-corrected chi connectivity index (χ3v) is 3.68. The number of nitro benzene ring substituents is 1. The molecule has 1 amide bonds. The summed E-state index contributed by atoms with van der Waals surface area (Å²) in [5, 5.41) is 23.2. The molecule has 0 saturated heterocycles. The van der Waals surface area contributed by atoms with Gasteiger partial charge in [0.15, 0.2) is 0 Å². The Morgan fingerprint density at radius 2 is 1.91 bits per heavy atom. The zero-order valence-electron chi connectivity index (χ0n) is 12.7. The number of nitrogens with zero attached hydrogens (tertiary/aromatic N) is 1. The van der Waals surface area contributed by atoms with Gasteiger partial charge in [-0.15, -0.1) is 0 Å². The lowest BCUT2D eigenvalue weighted by molar-refractivity contribution is -0.385. The molecule has 2 aromatic carbocycles. The fraction of sp³-hybridized carbons (Fsp3) is 0.235. The lowest BCUT2D eigenvalue weighted by atomic mass is 10.0. The van der Waals surface area contributed by atoms with E-state index in [4.69, 9.17) is 0 Å². The number of hydrogen-bond donors (Lipinski definition) is 2. The Balaban J connectivity index is 2.10. The average molecular weight is 314 g/mol. The average Bonchev–Trinajstić information content (AvgIpc) is 2.55. The van der Waals surface area contributed by atoms with E-state index < -0.39 is 11.0 Å². The Bertz CT molecular complexity index is 701. The molecule has 2 aromatic rings. The summed E-state index contributed by atoms with van der Waals surface area (Å²) in [5.74, 6) is -0.295. The molecule has 6 heteroatoms. The minimum absolute atomic E-state index is 0.00272. The van der Waals surface area contributed by atoms with Crippen molar-refractivity contribution in [1.82, 2.24) is 5.32 Å². The van der Waals surface area contributed by atoms with Gasteiger partial charge in [0.1, 0.15) is 0 Å². The molecular weight excluding hydrogens is 296 g/mol. The molecule has 0 saturated carbocycles. The zero-order chi connectivity index (χ0) is 16.8. The summed E-state index contributed by atoms with van der Waals surface area (Å²) < 4.78 is 0. The molecule has 0 aliphatic rings. The Morgan fingerprint density at radius 1 is 1.22 bits per heavy atom. The molecule has 6 nitrogen and oxygen atoms in total. The van der Waals surface area contributed by atoms with E-state index in [0.29, 0.717) is 11.1 Å². The Kier molecular flexibility index (Phi) is 5.43. The van der Waals surface area contributed by atoms with E-state index in [1.54, 1.807) is 19.1 Å². The molecule has 0 aromatic heterocycles. The lowest BCUT2D eigenvalue weighted by Gasteiger charge is -2.17.